The maximum Gasteiger partial charge on any atom is 0.304 e. The Bertz CT molecular complexity index is 885. The van der Waals surface area contributed by atoms with Gasteiger partial charge in [-0.25, -0.2) is 4.31 Å². The summed E-state index contributed by atoms with van der Waals surface area (Å²) in [7, 11) is 1.97. The normalized spacial score (nSPS) is 11.1. The predicted octanol–water partition coefficient (Wildman–Crippen LogP) is 1.96. The van der Waals surface area contributed by atoms with Crippen LogP contribution in [0.5, 0.6) is 11.5 Å². The molecule has 0 aliphatic heterocycles. The molecule has 0 aliphatic rings. The Kier molecular flexibility index (Phi) is 6.65. The highest BCUT2D eigenvalue weighted by Gasteiger charge is 2.27. The van der Waals surface area contributed by atoms with E-state index in [0.717, 1.165) is 8.61 Å². The van der Waals surface area contributed by atoms with Crippen molar-refractivity contribution in [2.24, 2.45) is 0 Å². The largest absolute Gasteiger partial charge is 0.497 e. The van der Waals surface area contributed by atoms with Crippen molar-refractivity contribution in [2.75, 3.05) is 44.5 Å². The molecule has 0 heterocycles. The van der Waals surface area contributed by atoms with Gasteiger partial charge in [0, 0.05) is 20.2 Å². The fourth-order valence-electron chi connectivity index (χ4n) is 2.32. The first-order valence-corrected chi connectivity index (χ1v) is 9.46. The van der Waals surface area contributed by atoms with Gasteiger partial charge in [0.25, 0.3) is 0 Å². The second kappa shape index (κ2) is 8.74. The Balaban J connectivity index is 2.27. The second-order valence-electron chi connectivity index (χ2n) is 5.75. The first-order chi connectivity index (χ1) is 12.8. The van der Waals surface area contributed by atoms with Crippen LogP contribution >= 0.6 is 0 Å². The van der Waals surface area contributed by atoms with Gasteiger partial charge in [-0.1, -0.05) is 18.2 Å². The van der Waals surface area contributed by atoms with Crippen LogP contribution in [0.25, 0.3) is 0 Å². The van der Waals surface area contributed by atoms with Crippen molar-refractivity contribution in [3.8, 4) is 11.5 Å². The van der Waals surface area contributed by atoms with Crippen LogP contribution in [0.1, 0.15) is 0 Å². The number of ether oxygens (including phenoxy) is 2. The number of hydrogen-bond acceptors (Lipinski definition) is 5. The van der Waals surface area contributed by atoms with Gasteiger partial charge in [-0.3, -0.25) is 4.79 Å². The molecule has 0 saturated carbocycles. The zero-order valence-electron chi connectivity index (χ0n) is 15.7. The Labute approximate surface area is 159 Å². The number of benzene rings is 2. The molecule has 0 bridgehead atoms. The van der Waals surface area contributed by atoms with Gasteiger partial charge in [0.15, 0.2) is 0 Å². The van der Waals surface area contributed by atoms with Gasteiger partial charge in [-0.2, -0.15) is 12.7 Å². The highest BCUT2D eigenvalue weighted by Crippen LogP contribution is 2.29. The summed E-state index contributed by atoms with van der Waals surface area (Å²) in [4.78, 5) is 12.6. The maximum atomic E-state index is 12.7. The molecule has 2 aromatic carbocycles. The first-order valence-electron chi connectivity index (χ1n) is 8.06. The summed E-state index contributed by atoms with van der Waals surface area (Å²) in [5, 5.41) is 2.68. The van der Waals surface area contributed by atoms with Gasteiger partial charge in [0.2, 0.25) is 5.91 Å². The number of amides is 1. The van der Waals surface area contributed by atoms with Crippen molar-refractivity contribution in [3.05, 3.63) is 48.5 Å². The van der Waals surface area contributed by atoms with Gasteiger partial charge < -0.3 is 14.8 Å². The molecule has 2 rings (SSSR count). The highest BCUT2D eigenvalue weighted by molar-refractivity contribution is 7.90. The maximum absolute atomic E-state index is 12.7. The summed E-state index contributed by atoms with van der Waals surface area (Å²) in [5.41, 5.74) is 0.807. The van der Waals surface area contributed by atoms with Gasteiger partial charge in [-0.05, 0) is 24.3 Å². The first kappa shape index (κ1) is 20.5. The average Bonchev–Trinajstić information content (AvgIpc) is 2.66. The topological polar surface area (TPSA) is 88.2 Å². The number of anilines is 2. The van der Waals surface area contributed by atoms with E-state index in [2.05, 4.69) is 5.32 Å². The molecular weight excluding hydrogens is 370 g/mol. The van der Waals surface area contributed by atoms with Gasteiger partial charge in [0.05, 0.1) is 25.6 Å². The highest BCUT2D eigenvalue weighted by atomic mass is 32.2. The number of hydrogen-bond donors (Lipinski definition) is 1. The lowest BCUT2D eigenvalue weighted by atomic mass is 10.2. The molecule has 0 unspecified atom stereocenters. The van der Waals surface area contributed by atoms with Gasteiger partial charge in [-0.15, -0.1) is 0 Å². The Morgan fingerprint density at radius 1 is 1.04 bits per heavy atom. The van der Waals surface area contributed by atoms with E-state index in [9.17, 15) is 13.2 Å². The van der Waals surface area contributed by atoms with Gasteiger partial charge in [0.1, 0.15) is 18.0 Å². The van der Waals surface area contributed by atoms with Crippen LogP contribution in [0.15, 0.2) is 48.5 Å². The number of rotatable bonds is 8. The Hall–Kier alpha value is -2.78. The molecule has 0 spiro atoms. The van der Waals surface area contributed by atoms with Crippen LogP contribution in [0.3, 0.4) is 0 Å². The number of carbonyl (C=O) groups excluding carboxylic acids is 1. The lowest BCUT2D eigenvalue weighted by Crippen LogP contribution is -2.44. The quantitative estimate of drug-likeness (QED) is 0.741. The van der Waals surface area contributed by atoms with Crippen LogP contribution in [0, 0.1) is 0 Å². The molecule has 1 amide bonds. The SMILES string of the molecule is COc1ccc(NC(=O)CN(c2ccccc2)S(=O)(=O)N(C)C)c(OC)c1. The number of nitrogens with one attached hydrogen (secondary N) is 1. The van der Waals surface area contributed by atoms with Crippen LogP contribution in [-0.4, -0.2) is 53.5 Å². The van der Waals surface area contributed by atoms with Crippen LogP contribution < -0.4 is 19.1 Å². The van der Waals surface area contributed by atoms with E-state index in [1.54, 1.807) is 48.5 Å². The molecule has 2 aromatic rings. The molecule has 0 aromatic heterocycles. The lowest BCUT2D eigenvalue weighted by molar-refractivity contribution is -0.114. The Morgan fingerprint density at radius 2 is 1.70 bits per heavy atom. The summed E-state index contributed by atoms with van der Waals surface area (Å²) in [5.74, 6) is 0.475. The van der Waals surface area contributed by atoms with E-state index >= 15 is 0 Å². The minimum atomic E-state index is -3.85. The Morgan fingerprint density at radius 3 is 2.26 bits per heavy atom. The minimum absolute atomic E-state index is 0.389. The minimum Gasteiger partial charge on any atom is -0.497 e. The summed E-state index contributed by atoms with van der Waals surface area (Å²) in [6.07, 6.45) is 0. The van der Waals surface area contributed by atoms with Crippen LogP contribution in [0.4, 0.5) is 11.4 Å². The summed E-state index contributed by atoms with van der Waals surface area (Å²) >= 11 is 0. The van der Waals surface area contributed by atoms with Crippen molar-refractivity contribution in [2.45, 2.75) is 0 Å². The third-order valence-electron chi connectivity index (χ3n) is 3.75. The molecule has 0 atom stereocenters. The van der Waals surface area contributed by atoms with Crippen LogP contribution in [0.2, 0.25) is 0 Å². The smallest absolute Gasteiger partial charge is 0.304 e. The standard InChI is InChI=1S/C18H23N3O5S/c1-20(2)27(23,24)21(14-8-6-5-7-9-14)13-18(22)19-16-11-10-15(25-3)12-17(16)26-4/h5-12H,13H2,1-4H3,(H,19,22). The van der Waals surface area contributed by atoms with E-state index in [4.69, 9.17) is 9.47 Å². The zero-order chi connectivity index (χ0) is 20.0. The van der Waals surface area contributed by atoms with Crippen molar-refractivity contribution in [1.29, 1.82) is 0 Å². The molecule has 0 radical (unpaired) electrons. The van der Waals surface area contributed by atoms with Crippen molar-refractivity contribution < 1.29 is 22.7 Å². The third-order valence-corrected chi connectivity index (χ3v) is 5.57. The number of methoxy groups -OCH3 is 2. The summed E-state index contributed by atoms with van der Waals surface area (Å²) in [6, 6.07) is 13.4. The molecule has 1 N–H and O–H groups in total. The van der Waals surface area contributed by atoms with E-state index < -0.39 is 16.1 Å². The van der Waals surface area contributed by atoms with E-state index in [1.807, 2.05) is 0 Å². The van der Waals surface area contributed by atoms with E-state index in [0.29, 0.717) is 22.9 Å². The monoisotopic (exact) mass is 393 g/mol. The van der Waals surface area contributed by atoms with E-state index in [-0.39, 0.29) is 6.54 Å². The van der Waals surface area contributed by atoms with Crippen molar-refractivity contribution >= 4 is 27.5 Å². The molecule has 0 fully saturated rings. The number of para-hydroxylation sites is 1. The average molecular weight is 393 g/mol. The molecule has 0 saturated heterocycles. The predicted molar refractivity (Wildman–Crippen MR) is 105 cm³/mol. The molecule has 0 aliphatic carbocycles. The lowest BCUT2D eigenvalue weighted by Gasteiger charge is -2.27. The zero-order valence-corrected chi connectivity index (χ0v) is 16.5. The van der Waals surface area contributed by atoms with Crippen molar-refractivity contribution in [3.63, 3.8) is 0 Å². The molecular formula is C18H23N3O5S. The molecule has 8 nitrogen and oxygen atoms in total. The molecule has 146 valence electrons. The number of carbonyl (C=O) groups is 1. The van der Waals surface area contributed by atoms with Gasteiger partial charge >= 0.3 is 10.2 Å². The fourth-order valence-corrected chi connectivity index (χ4v) is 3.38. The fraction of sp³-hybridized carbons (Fsp3) is 0.278. The summed E-state index contributed by atoms with van der Waals surface area (Å²) < 4.78 is 37.8. The molecule has 9 heteroatoms. The van der Waals surface area contributed by atoms with E-state index in [1.165, 1.54) is 28.3 Å². The third kappa shape index (κ3) is 4.89. The van der Waals surface area contributed by atoms with Crippen molar-refractivity contribution in [1.82, 2.24) is 4.31 Å². The van der Waals surface area contributed by atoms with Crippen LogP contribution in [-0.2, 0) is 15.0 Å². The summed E-state index contributed by atoms with van der Waals surface area (Å²) in [6.45, 7) is -0.389. The number of nitrogens with zero attached hydrogens (tertiary/aromatic N) is 2. The molecule has 27 heavy (non-hydrogen) atoms. The second-order valence-corrected chi connectivity index (χ2v) is 7.81.